The van der Waals surface area contributed by atoms with Gasteiger partial charge in [0.05, 0.1) is 17.8 Å². The van der Waals surface area contributed by atoms with E-state index in [2.05, 4.69) is 9.88 Å². The van der Waals surface area contributed by atoms with Crippen LogP contribution in [0.1, 0.15) is 28.8 Å². The van der Waals surface area contributed by atoms with Gasteiger partial charge in [0.1, 0.15) is 5.82 Å². The first-order chi connectivity index (χ1) is 8.63. The maximum atomic E-state index is 10.9. The maximum absolute atomic E-state index is 10.9. The van der Waals surface area contributed by atoms with Gasteiger partial charge in [-0.05, 0) is 31.4 Å². The van der Waals surface area contributed by atoms with Gasteiger partial charge in [0.15, 0.2) is 0 Å². The lowest BCUT2D eigenvalue weighted by molar-refractivity contribution is 0.0301. The van der Waals surface area contributed by atoms with E-state index in [-0.39, 0.29) is 5.56 Å². The smallest absolute Gasteiger partial charge is 0.337 e. The van der Waals surface area contributed by atoms with Crippen molar-refractivity contribution in [2.24, 2.45) is 0 Å². The summed E-state index contributed by atoms with van der Waals surface area (Å²) >= 11 is 0. The normalized spacial score (nSPS) is 26.4. The van der Waals surface area contributed by atoms with Crippen LogP contribution in [0.25, 0.3) is 0 Å². The third-order valence-corrected chi connectivity index (χ3v) is 3.64. The molecule has 5 heteroatoms. The van der Waals surface area contributed by atoms with Crippen molar-refractivity contribution < 1.29 is 14.6 Å². The highest BCUT2D eigenvalue weighted by atomic mass is 16.5. The predicted octanol–water partition coefficient (Wildman–Crippen LogP) is 1.46. The Hall–Kier alpha value is -1.62. The van der Waals surface area contributed by atoms with Crippen molar-refractivity contribution in [3.8, 4) is 0 Å². The molecule has 0 spiro atoms. The number of hydrogen-bond acceptors (Lipinski definition) is 4. The number of carboxylic acid groups (broad SMARTS) is 1. The predicted molar refractivity (Wildman–Crippen MR) is 66.0 cm³/mol. The lowest BCUT2D eigenvalue weighted by Gasteiger charge is -2.33. The Bertz CT molecular complexity index is 477. The van der Waals surface area contributed by atoms with E-state index in [1.165, 1.54) is 6.20 Å². The molecule has 1 N–H and O–H groups in total. The molecule has 2 unspecified atom stereocenters. The standard InChI is InChI=1S/C13H16N2O3/c1-8-4-9(13(16)17)5-14-12(8)15-6-10-2-3-11(7-15)18-10/h4-5,10-11H,2-3,6-7H2,1H3,(H,16,17). The average Bonchev–Trinajstić information content (AvgIpc) is 2.68. The number of anilines is 1. The molecule has 1 aromatic rings. The van der Waals surface area contributed by atoms with Gasteiger partial charge < -0.3 is 14.7 Å². The monoisotopic (exact) mass is 248 g/mol. The Morgan fingerprint density at radius 3 is 2.67 bits per heavy atom. The summed E-state index contributed by atoms with van der Waals surface area (Å²) in [7, 11) is 0. The highest BCUT2D eigenvalue weighted by molar-refractivity contribution is 5.87. The molecule has 0 aliphatic carbocycles. The second-order valence-electron chi connectivity index (χ2n) is 5.03. The van der Waals surface area contributed by atoms with Crippen molar-refractivity contribution in [3.63, 3.8) is 0 Å². The number of rotatable bonds is 2. The minimum Gasteiger partial charge on any atom is -0.478 e. The molecule has 3 rings (SSSR count). The molecule has 0 saturated carbocycles. The number of morpholine rings is 1. The lowest BCUT2D eigenvalue weighted by Crippen LogP contribution is -2.43. The molecule has 2 fully saturated rings. The molecule has 2 aliphatic rings. The van der Waals surface area contributed by atoms with Crippen LogP contribution in [0.15, 0.2) is 12.3 Å². The first kappa shape index (κ1) is 11.5. The van der Waals surface area contributed by atoms with Gasteiger partial charge in [0.2, 0.25) is 0 Å². The van der Waals surface area contributed by atoms with Crippen molar-refractivity contribution in [2.75, 3.05) is 18.0 Å². The van der Waals surface area contributed by atoms with E-state index < -0.39 is 5.97 Å². The molecular formula is C13H16N2O3. The van der Waals surface area contributed by atoms with E-state index in [0.717, 1.165) is 37.3 Å². The fourth-order valence-electron chi connectivity index (χ4n) is 2.80. The second kappa shape index (κ2) is 4.24. The quantitative estimate of drug-likeness (QED) is 0.858. The number of carboxylic acids is 1. The summed E-state index contributed by atoms with van der Waals surface area (Å²) in [5.74, 6) is -0.0422. The lowest BCUT2D eigenvalue weighted by atomic mass is 10.2. The van der Waals surface area contributed by atoms with E-state index in [4.69, 9.17) is 9.84 Å². The van der Waals surface area contributed by atoms with Crippen LogP contribution in [0.2, 0.25) is 0 Å². The molecule has 1 aromatic heterocycles. The molecule has 2 atom stereocenters. The van der Waals surface area contributed by atoms with Crippen LogP contribution in [0, 0.1) is 6.92 Å². The fourth-order valence-corrected chi connectivity index (χ4v) is 2.80. The molecule has 18 heavy (non-hydrogen) atoms. The van der Waals surface area contributed by atoms with E-state index in [1.54, 1.807) is 6.07 Å². The first-order valence-electron chi connectivity index (χ1n) is 6.24. The highest BCUT2D eigenvalue weighted by Gasteiger charge is 2.34. The molecule has 3 heterocycles. The summed E-state index contributed by atoms with van der Waals surface area (Å²) in [6, 6.07) is 1.68. The van der Waals surface area contributed by atoms with Crippen LogP contribution in [-0.2, 0) is 4.74 Å². The number of ether oxygens (including phenoxy) is 1. The van der Waals surface area contributed by atoms with E-state index in [9.17, 15) is 4.79 Å². The summed E-state index contributed by atoms with van der Waals surface area (Å²) in [6.45, 7) is 3.62. The van der Waals surface area contributed by atoms with Crippen LogP contribution < -0.4 is 4.90 Å². The average molecular weight is 248 g/mol. The molecule has 0 amide bonds. The van der Waals surface area contributed by atoms with Gasteiger partial charge in [-0.1, -0.05) is 0 Å². The second-order valence-corrected chi connectivity index (χ2v) is 5.03. The van der Waals surface area contributed by atoms with Crippen LogP contribution in [0.3, 0.4) is 0 Å². The SMILES string of the molecule is Cc1cc(C(=O)O)cnc1N1CC2CCC(C1)O2. The van der Waals surface area contributed by atoms with Crippen molar-refractivity contribution in [1.82, 2.24) is 4.98 Å². The Labute approximate surface area is 105 Å². The zero-order chi connectivity index (χ0) is 12.7. The van der Waals surface area contributed by atoms with Gasteiger partial charge >= 0.3 is 5.97 Å². The van der Waals surface area contributed by atoms with Gasteiger partial charge in [-0.3, -0.25) is 0 Å². The third kappa shape index (κ3) is 1.95. The number of aromatic nitrogens is 1. The summed E-state index contributed by atoms with van der Waals surface area (Å²) < 4.78 is 5.79. The van der Waals surface area contributed by atoms with Gasteiger partial charge in [0.25, 0.3) is 0 Å². The van der Waals surface area contributed by atoms with Crippen molar-refractivity contribution in [1.29, 1.82) is 0 Å². The molecule has 96 valence electrons. The van der Waals surface area contributed by atoms with Crippen LogP contribution in [-0.4, -0.2) is 41.4 Å². The molecule has 5 nitrogen and oxygen atoms in total. The van der Waals surface area contributed by atoms with E-state index in [1.807, 2.05) is 6.92 Å². The third-order valence-electron chi connectivity index (χ3n) is 3.64. The minimum absolute atomic E-state index is 0.243. The highest BCUT2D eigenvalue weighted by Crippen LogP contribution is 2.30. The largest absolute Gasteiger partial charge is 0.478 e. The van der Waals surface area contributed by atoms with Crippen molar-refractivity contribution in [2.45, 2.75) is 32.0 Å². The molecule has 0 radical (unpaired) electrons. The molecule has 2 bridgehead atoms. The maximum Gasteiger partial charge on any atom is 0.337 e. The van der Waals surface area contributed by atoms with Crippen LogP contribution >= 0.6 is 0 Å². The summed E-state index contributed by atoms with van der Waals surface area (Å²) in [6.07, 6.45) is 4.29. The van der Waals surface area contributed by atoms with Gasteiger partial charge in [-0.15, -0.1) is 0 Å². The Balaban J connectivity index is 1.86. The number of carbonyl (C=O) groups is 1. The van der Waals surface area contributed by atoms with Gasteiger partial charge in [-0.2, -0.15) is 0 Å². The summed E-state index contributed by atoms with van der Waals surface area (Å²) in [5, 5.41) is 8.93. The minimum atomic E-state index is -0.931. The Morgan fingerprint density at radius 1 is 1.44 bits per heavy atom. The zero-order valence-electron chi connectivity index (χ0n) is 10.3. The number of nitrogens with zero attached hydrogens (tertiary/aromatic N) is 2. The number of aromatic carboxylic acids is 1. The topological polar surface area (TPSA) is 62.7 Å². The number of aryl methyl sites for hydroxylation is 1. The Morgan fingerprint density at radius 2 is 2.11 bits per heavy atom. The van der Waals surface area contributed by atoms with E-state index in [0.29, 0.717) is 12.2 Å². The first-order valence-corrected chi connectivity index (χ1v) is 6.24. The number of pyridine rings is 1. The van der Waals surface area contributed by atoms with E-state index >= 15 is 0 Å². The number of fused-ring (bicyclic) bond motifs is 2. The molecule has 0 aromatic carbocycles. The van der Waals surface area contributed by atoms with Crippen LogP contribution in [0.5, 0.6) is 0 Å². The molecular weight excluding hydrogens is 232 g/mol. The number of hydrogen-bond donors (Lipinski definition) is 1. The fraction of sp³-hybridized carbons (Fsp3) is 0.538. The van der Waals surface area contributed by atoms with Crippen molar-refractivity contribution in [3.05, 3.63) is 23.4 Å². The summed E-state index contributed by atoms with van der Waals surface area (Å²) in [4.78, 5) is 17.4. The summed E-state index contributed by atoms with van der Waals surface area (Å²) in [5.41, 5.74) is 1.16. The van der Waals surface area contributed by atoms with Gasteiger partial charge in [-0.25, -0.2) is 9.78 Å². The van der Waals surface area contributed by atoms with Gasteiger partial charge in [0, 0.05) is 19.3 Å². The molecule has 2 aliphatic heterocycles. The molecule has 2 saturated heterocycles. The Kier molecular flexibility index (Phi) is 2.70. The zero-order valence-corrected chi connectivity index (χ0v) is 10.3. The van der Waals surface area contributed by atoms with Crippen molar-refractivity contribution >= 4 is 11.8 Å². The van der Waals surface area contributed by atoms with Crippen LogP contribution in [0.4, 0.5) is 5.82 Å².